The van der Waals surface area contributed by atoms with E-state index in [0.717, 1.165) is 44.6 Å². The quantitative estimate of drug-likeness (QED) is 0.616. The van der Waals surface area contributed by atoms with E-state index < -0.39 is 0 Å². The molecule has 4 aliphatic carbocycles. The smallest absolute Gasteiger partial charge is 0.226 e. The fourth-order valence-corrected chi connectivity index (χ4v) is 6.28. The molecule has 1 amide bonds. The minimum absolute atomic E-state index is 0.0704. The Balaban J connectivity index is 1.72. The first-order valence-electron chi connectivity index (χ1n) is 8.11. The second-order valence-electron chi connectivity index (χ2n) is 8.47. The molecule has 4 aliphatic rings. The summed E-state index contributed by atoms with van der Waals surface area (Å²) in [6, 6.07) is 0. The molecule has 4 fully saturated rings. The number of nitrogens with one attached hydrogen (secondary N) is 1. The Hall–Kier alpha value is -0.970. The van der Waals surface area contributed by atoms with Crippen LogP contribution in [0.3, 0.4) is 0 Å². The SMILES string of the molecule is C#CCCCNC(=O)C12CC3CC(C)(CC(C)(C3)C1)C2. The van der Waals surface area contributed by atoms with Crippen molar-refractivity contribution in [1.29, 1.82) is 0 Å². The molecule has 110 valence electrons. The highest BCUT2D eigenvalue weighted by molar-refractivity contribution is 5.83. The van der Waals surface area contributed by atoms with E-state index in [1.54, 1.807) is 0 Å². The molecule has 0 aromatic heterocycles. The Bertz CT molecular complexity index is 443. The van der Waals surface area contributed by atoms with Gasteiger partial charge in [-0.1, -0.05) is 13.8 Å². The molecule has 4 saturated carbocycles. The average molecular weight is 273 g/mol. The Labute approximate surface area is 123 Å². The van der Waals surface area contributed by atoms with Crippen molar-refractivity contribution in [1.82, 2.24) is 5.32 Å². The zero-order chi connectivity index (χ0) is 14.4. The maximum atomic E-state index is 12.8. The van der Waals surface area contributed by atoms with Crippen molar-refractivity contribution in [3.63, 3.8) is 0 Å². The molecule has 0 aliphatic heterocycles. The van der Waals surface area contributed by atoms with E-state index in [4.69, 9.17) is 6.42 Å². The van der Waals surface area contributed by atoms with E-state index in [0.29, 0.717) is 16.7 Å². The van der Waals surface area contributed by atoms with Gasteiger partial charge in [-0.15, -0.1) is 12.3 Å². The van der Waals surface area contributed by atoms with Gasteiger partial charge >= 0.3 is 0 Å². The first-order valence-corrected chi connectivity index (χ1v) is 8.11. The number of amides is 1. The minimum Gasteiger partial charge on any atom is -0.356 e. The van der Waals surface area contributed by atoms with Crippen LogP contribution in [0.2, 0.25) is 0 Å². The maximum Gasteiger partial charge on any atom is 0.226 e. The number of carbonyl (C=O) groups excluding carboxylic acids is 1. The molecule has 0 saturated heterocycles. The second kappa shape index (κ2) is 4.52. The third kappa shape index (κ3) is 2.26. The standard InChI is InChI=1S/C18H27NO/c1-4-5-6-7-19-15(20)18-10-14-8-16(2,12-18)11-17(3,9-14)13-18/h1,14H,5-13H2,2-3H3,(H,19,20). The van der Waals surface area contributed by atoms with Gasteiger partial charge in [-0.25, -0.2) is 0 Å². The summed E-state index contributed by atoms with van der Waals surface area (Å²) in [6.45, 7) is 5.56. The van der Waals surface area contributed by atoms with Crippen LogP contribution in [0.5, 0.6) is 0 Å². The van der Waals surface area contributed by atoms with Crippen LogP contribution in [0.4, 0.5) is 0 Å². The van der Waals surface area contributed by atoms with Crippen LogP contribution in [-0.4, -0.2) is 12.5 Å². The number of carbonyl (C=O) groups is 1. The van der Waals surface area contributed by atoms with Gasteiger partial charge in [0.05, 0.1) is 5.41 Å². The normalized spacial score (nSPS) is 45.1. The molecule has 20 heavy (non-hydrogen) atoms. The highest BCUT2D eigenvalue weighted by Gasteiger charge is 2.62. The Morgan fingerprint density at radius 2 is 1.85 bits per heavy atom. The van der Waals surface area contributed by atoms with E-state index >= 15 is 0 Å². The van der Waals surface area contributed by atoms with Crippen LogP contribution in [0.15, 0.2) is 0 Å². The number of terminal acetylenes is 1. The van der Waals surface area contributed by atoms with Crippen LogP contribution >= 0.6 is 0 Å². The molecule has 0 aromatic rings. The van der Waals surface area contributed by atoms with Gasteiger partial charge < -0.3 is 5.32 Å². The first kappa shape index (κ1) is 14.0. The van der Waals surface area contributed by atoms with Crippen molar-refractivity contribution >= 4 is 5.91 Å². The van der Waals surface area contributed by atoms with Crippen molar-refractivity contribution < 1.29 is 4.79 Å². The Morgan fingerprint density at radius 3 is 2.40 bits per heavy atom. The van der Waals surface area contributed by atoms with Gasteiger partial charge in [0.1, 0.15) is 0 Å². The van der Waals surface area contributed by atoms with Crippen LogP contribution in [0.1, 0.15) is 65.2 Å². The lowest BCUT2D eigenvalue weighted by Crippen LogP contribution is -2.59. The van der Waals surface area contributed by atoms with E-state index in [2.05, 4.69) is 25.1 Å². The van der Waals surface area contributed by atoms with Gasteiger partial charge in [-0.05, 0) is 61.7 Å². The summed E-state index contributed by atoms with van der Waals surface area (Å²) in [5, 5.41) is 3.17. The minimum atomic E-state index is -0.0704. The predicted molar refractivity (Wildman–Crippen MR) is 80.9 cm³/mol. The maximum absolute atomic E-state index is 12.8. The first-order chi connectivity index (χ1) is 9.39. The summed E-state index contributed by atoms with van der Waals surface area (Å²) in [5.74, 6) is 3.73. The molecule has 1 N–H and O–H groups in total. The molecule has 0 heterocycles. The lowest BCUT2D eigenvalue weighted by molar-refractivity contribution is -0.170. The summed E-state index contributed by atoms with van der Waals surface area (Å²) in [6.07, 6.45) is 14.3. The lowest BCUT2D eigenvalue weighted by Gasteiger charge is -2.64. The summed E-state index contributed by atoms with van der Waals surface area (Å²) in [7, 11) is 0. The van der Waals surface area contributed by atoms with Crippen molar-refractivity contribution in [3.05, 3.63) is 0 Å². The zero-order valence-electron chi connectivity index (χ0n) is 12.9. The lowest BCUT2D eigenvalue weighted by atomic mass is 9.40. The molecule has 2 unspecified atom stereocenters. The fourth-order valence-electron chi connectivity index (χ4n) is 6.28. The molecule has 0 spiro atoms. The van der Waals surface area contributed by atoms with E-state index in [1.165, 1.54) is 19.3 Å². The van der Waals surface area contributed by atoms with Crippen molar-refractivity contribution in [2.24, 2.45) is 22.2 Å². The van der Waals surface area contributed by atoms with Crippen LogP contribution in [0.25, 0.3) is 0 Å². The molecule has 0 aromatic carbocycles. The third-order valence-corrected chi connectivity index (χ3v) is 5.89. The van der Waals surface area contributed by atoms with Crippen molar-refractivity contribution in [2.45, 2.75) is 65.2 Å². The largest absolute Gasteiger partial charge is 0.356 e. The molecule has 0 radical (unpaired) electrons. The Morgan fingerprint density at radius 1 is 1.20 bits per heavy atom. The zero-order valence-corrected chi connectivity index (χ0v) is 12.9. The summed E-state index contributed by atoms with van der Waals surface area (Å²) in [5.41, 5.74) is 0.744. The molecular formula is C18H27NO. The Kier molecular flexibility index (Phi) is 3.16. The van der Waals surface area contributed by atoms with E-state index in [-0.39, 0.29) is 5.41 Å². The average Bonchev–Trinajstić information content (AvgIpc) is 2.29. The number of hydrogen-bond donors (Lipinski definition) is 1. The van der Waals surface area contributed by atoms with Crippen molar-refractivity contribution in [3.8, 4) is 12.3 Å². The second-order valence-corrected chi connectivity index (χ2v) is 8.47. The summed E-state index contributed by atoms with van der Waals surface area (Å²) in [4.78, 5) is 12.8. The van der Waals surface area contributed by atoms with E-state index in [9.17, 15) is 4.79 Å². The highest BCUT2D eigenvalue weighted by atomic mass is 16.2. The molecule has 4 bridgehead atoms. The van der Waals surface area contributed by atoms with Gasteiger partial charge in [-0.3, -0.25) is 4.79 Å². The molecule has 4 rings (SSSR count). The highest BCUT2D eigenvalue weighted by Crippen LogP contribution is 2.69. The van der Waals surface area contributed by atoms with Crippen LogP contribution in [-0.2, 0) is 4.79 Å². The van der Waals surface area contributed by atoms with Crippen molar-refractivity contribution in [2.75, 3.05) is 6.54 Å². The predicted octanol–water partition coefficient (Wildman–Crippen LogP) is 3.51. The van der Waals surface area contributed by atoms with Gasteiger partial charge in [0, 0.05) is 13.0 Å². The molecule has 2 nitrogen and oxygen atoms in total. The fraction of sp³-hybridized carbons (Fsp3) is 0.833. The van der Waals surface area contributed by atoms with Gasteiger partial charge in [0.15, 0.2) is 0 Å². The molecule has 2 heteroatoms. The summed E-state index contributed by atoms with van der Waals surface area (Å²) >= 11 is 0. The number of unbranched alkanes of at least 4 members (excludes halogenated alkanes) is 1. The van der Waals surface area contributed by atoms with Gasteiger partial charge in [-0.2, -0.15) is 0 Å². The number of rotatable bonds is 4. The van der Waals surface area contributed by atoms with Crippen LogP contribution < -0.4 is 5.32 Å². The topological polar surface area (TPSA) is 29.1 Å². The van der Waals surface area contributed by atoms with Gasteiger partial charge in [0.25, 0.3) is 0 Å². The monoisotopic (exact) mass is 273 g/mol. The summed E-state index contributed by atoms with van der Waals surface area (Å²) < 4.78 is 0. The van der Waals surface area contributed by atoms with Crippen LogP contribution in [0, 0.1) is 34.5 Å². The van der Waals surface area contributed by atoms with Gasteiger partial charge in [0.2, 0.25) is 5.91 Å². The third-order valence-electron chi connectivity index (χ3n) is 5.89. The number of hydrogen-bond acceptors (Lipinski definition) is 1. The molecule has 2 atom stereocenters. The van der Waals surface area contributed by atoms with E-state index in [1.807, 2.05) is 0 Å². The molecular weight excluding hydrogens is 246 g/mol.